The van der Waals surface area contributed by atoms with Gasteiger partial charge in [0.05, 0.1) is 4.90 Å². The van der Waals surface area contributed by atoms with E-state index in [4.69, 9.17) is 5.73 Å². The Morgan fingerprint density at radius 3 is 2.67 bits per heavy atom. The van der Waals surface area contributed by atoms with Gasteiger partial charge in [-0.2, -0.15) is 0 Å². The number of nitrogens with two attached hydrogens (primary N) is 1. The van der Waals surface area contributed by atoms with Gasteiger partial charge in [0.15, 0.2) is 0 Å². The summed E-state index contributed by atoms with van der Waals surface area (Å²) in [6, 6.07) is 1.46. The van der Waals surface area contributed by atoms with Crippen LogP contribution in [0.4, 0.5) is 0 Å². The van der Waals surface area contributed by atoms with Crippen LogP contribution in [-0.2, 0) is 17.1 Å². The summed E-state index contributed by atoms with van der Waals surface area (Å²) in [4.78, 5) is 0.307. The molecule has 0 aromatic carbocycles. The Morgan fingerprint density at radius 2 is 2.17 bits per heavy atom. The first-order valence-corrected chi connectivity index (χ1v) is 7.85. The lowest BCUT2D eigenvalue weighted by Crippen LogP contribution is -2.44. The summed E-state index contributed by atoms with van der Waals surface area (Å²) in [5, 5.41) is 0. The number of aromatic nitrogens is 1. The van der Waals surface area contributed by atoms with Crippen LogP contribution < -0.4 is 10.5 Å². The second-order valence-corrected chi connectivity index (χ2v) is 6.73. The van der Waals surface area contributed by atoms with Crippen LogP contribution in [0.2, 0.25) is 0 Å². The molecule has 1 saturated carbocycles. The zero-order chi connectivity index (χ0) is 13.2. The van der Waals surface area contributed by atoms with Gasteiger partial charge in [-0.1, -0.05) is 12.8 Å². The van der Waals surface area contributed by atoms with Gasteiger partial charge in [0.25, 0.3) is 0 Å². The summed E-state index contributed by atoms with van der Waals surface area (Å²) in [6.45, 7) is 0.358. The maximum Gasteiger partial charge on any atom is 0.242 e. The van der Waals surface area contributed by atoms with Gasteiger partial charge >= 0.3 is 0 Å². The summed E-state index contributed by atoms with van der Waals surface area (Å²) in [5.41, 5.74) is 5.71. The number of sulfonamides is 1. The molecule has 1 aliphatic carbocycles. The predicted molar refractivity (Wildman–Crippen MR) is 70.5 cm³/mol. The zero-order valence-corrected chi connectivity index (χ0v) is 11.5. The van der Waals surface area contributed by atoms with Crippen LogP contribution in [0.1, 0.15) is 25.7 Å². The third-order valence-electron chi connectivity index (χ3n) is 3.64. The Kier molecular flexibility index (Phi) is 4.09. The van der Waals surface area contributed by atoms with E-state index in [1.165, 1.54) is 12.8 Å². The average Bonchev–Trinajstić information content (AvgIpc) is 2.96. The van der Waals surface area contributed by atoms with Crippen molar-refractivity contribution in [1.82, 2.24) is 9.29 Å². The molecule has 0 amide bonds. The van der Waals surface area contributed by atoms with Crippen molar-refractivity contribution in [1.29, 1.82) is 0 Å². The molecule has 3 N–H and O–H groups in total. The first-order chi connectivity index (χ1) is 8.53. The molecule has 102 valence electrons. The van der Waals surface area contributed by atoms with Crippen LogP contribution in [0.15, 0.2) is 23.4 Å². The van der Waals surface area contributed by atoms with E-state index in [1.807, 2.05) is 0 Å². The molecule has 1 heterocycles. The molecule has 1 atom stereocenters. The van der Waals surface area contributed by atoms with E-state index in [9.17, 15) is 8.42 Å². The molecule has 0 spiro atoms. The minimum Gasteiger partial charge on any atom is -0.356 e. The van der Waals surface area contributed by atoms with Gasteiger partial charge in [-0.05, 0) is 24.8 Å². The first kappa shape index (κ1) is 13.6. The lowest BCUT2D eigenvalue weighted by molar-refractivity contribution is 0.405. The quantitative estimate of drug-likeness (QED) is 0.832. The highest BCUT2D eigenvalue weighted by Crippen LogP contribution is 2.28. The molecular weight excluding hydrogens is 250 g/mol. The molecule has 0 aliphatic heterocycles. The molecule has 1 aromatic rings. The Labute approximate surface area is 108 Å². The number of nitrogens with one attached hydrogen (secondary N) is 1. The predicted octanol–water partition coefficient (Wildman–Crippen LogP) is 0.821. The summed E-state index contributed by atoms with van der Waals surface area (Å²) in [5.74, 6) is 0.383. The Hall–Kier alpha value is -0.850. The van der Waals surface area contributed by atoms with E-state index in [0.29, 0.717) is 17.4 Å². The van der Waals surface area contributed by atoms with Crippen LogP contribution in [0.25, 0.3) is 0 Å². The number of nitrogens with zero attached hydrogens (tertiary/aromatic N) is 1. The number of rotatable bonds is 5. The molecule has 1 aliphatic rings. The van der Waals surface area contributed by atoms with Gasteiger partial charge in [0.2, 0.25) is 10.0 Å². The minimum atomic E-state index is -3.44. The molecule has 2 rings (SSSR count). The molecule has 0 saturated heterocycles. The molecule has 6 heteroatoms. The molecule has 0 bridgehead atoms. The minimum absolute atomic E-state index is 0.141. The SMILES string of the molecule is Cn1ccc(S(=O)(=O)NC(CN)C2CCCC2)c1. The highest BCUT2D eigenvalue weighted by atomic mass is 32.2. The van der Waals surface area contributed by atoms with Gasteiger partial charge in [-0.25, -0.2) is 13.1 Å². The van der Waals surface area contributed by atoms with Gasteiger partial charge in [0.1, 0.15) is 0 Å². The van der Waals surface area contributed by atoms with Crippen LogP contribution in [-0.4, -0.2) is 25.6 Å². The monoisotopic (exact) mass is 271 g/mol. The lowest BCUT2D eigenvalue weighted by atomic mass is 9.99. The van der Waals surface area contributed by atoms with Crippen LogP contribution in [0.5, 0.6) is 0 Å². The van der Waals surface area contributed by atoms with E-state index in [0.717, 1.165) is 12.8 Å². The number of hydrogen-bond donors (Lipinski definition) is 2. The van der Waals surface area contributed by atoms with Crippen molar-refractivity contribution in [2.24, 2.45) is 18.7 Å². The largest absolute Gasteiger partial charge is 0.356 e. The van der Waals surface area contributed by atoms with E-state index >= 15 is 0 Å². The Balaban J connectivity index is 2.10. The molecule has 18 heavy (non-hydrogen) atoms. The normalized spacial score (nSPS) is 19.2. The smallest absolute Gasteiger partial charge is 0.242 e. The second-order valence-electron chi connectivity index (χ2n) is 5.02. The fourth-order valence-electron chi connectivity index (χ4n) is 2.60. The van der Waals surface area contributed by atoms with Gasteiger partial charge in [-0.15, -0.1) is 0 Å². The Morgan fingerprint density at radius 1 is 1.50 bits per heavy atom. The Bertz CT molecular complexity index is 489. The molecule has 1 fully saturated rings. The van der Waals surface area contributed by atoms with Crippen molar-refractivity contribution in [2.75, 3.05) is 6.54 Å². The topological polar surface area (TPSA) is 77.1 Å². The van der Waals surface area contributed by atoms with E-state index in [1.54, 1.807) is 30.1 Å². The molecule has 0 radical (unpaired) electrons. The van der Waals surface area contributed by atoms with Crippen molar-refractivity contribution in [2.45, 2.75) is 36.6 Å². The third-order valence-corrected chi connectivity index (χ3v) is 5.12. The van der Waals surface area contributed by atoms with Crippen LogP contribution in [0, 0.1) is 5.92 Å². The van der Waals surface area contributed by atoms with E-state index < -0.39 is 10.0 Å². The van der Waals surface area contributed by atoms with Crippen molar-refractivity contribution < 1.29 is 8.42 Å². The van der Waals surface area contributed by atoms with Crippen molar-refractivity contribution in [3.63, 3.8) is 0 Å². The van der Waals surface area contributed by atoms with Crippen LogP contribution in [0.3, 0.4) is 0 Å². The van der Waals surface area contributed by atoms with Gasteiger partial charge in [0, 0.05) is 32.0 Å². The van der Waals surface area contributed by atoms with E-state index in [-0.39, 0.29) is 6.04 Å². The standard InChI is InChI=1S/C12H21N3O2S/c1-15-7-6-11(9-15)18(16,17)14-12(8-13)10-4-2-3-5-10/h6-7,9-10,12,14H,2-5,8,13H2,1H3. The maximum atomic E-state index is 12.2. The fourth-order valence-corrected chi connectivity index (χ4v) is 3.97. The summed E-state index contributed by atoms with van der Waals surface area (Å²) >= 11 is 0. The van der Waals surface area contributed by atoms with Crippen LogP contribution >= 0.6 is 0 Å². The summed E-state index contributed by atoms with van der Waals surface area (Å²) in [6.07, 6.45) is 7.81. The molecule has 1 unspecified atom stereocenters. The summed E-state index contributed by atoms with van der Waals surface area (Å²) < 4.78 is 28.9. The highest BCUT2D eigenvalue weighted by molar-refractivity contribution is 7.89. The molecule has 1 aromatic heterocycles. The van der Waals surface area contributed by atoms with Crippen molar-refractivity contribution >= 4 is 10.0 Å². The first-order valence-electron chi connectivity index (χ1n) is 6.37. The van der Waals surface area contributed by atoms with Crippen molar-refractivity contribution in [3.8, 4) is 0 Å². The molecule has 5 nitrogen and oxygen atoms in total. The summed E-state index contributed by atoms with van der Waals surface area (Å²) in [7, 11) is -1.64. The molecular formula is C12H21N3O2S. The second kappa shape index (κ2) is 5.42. The van der Waals surface area contributed by atoms with E-state index in [2.05, 4.69) is 4.72 Å². The van der Waals surface area contributed by atoms with Crippen molar-refractivity contribution in [3.05, 3.63) is 18.5 Å². The number of hydrogen-bond acceptors (Lipinski definition) is 3. The fraction of sp³-hybridized carbons (Fsp3) is 0.667. The van der Waals surface area contributed by atoms with Gasteiger partial charge in [-0.3, -0.25) is 0 Å². The average molecular weight is 271 g/mol. The lowest BCUT2D eigenvalue weighted by Gasteiger charge is -2.22. The highest BCUT2D eigenvalue weighted by Gasteiger charge is 2.28. The van der Waals surface area contributed by atoms with Gasteiger partial charge < -0.3 is 10.3 Å². The maximum absolute atomic E-state index is 12.2. The zero-order valence-electron chi connectivity index (χ0n) is 10.7. The third kappa shape index (κ3) is 2.93. The number of aryl methyl sites for hydroxylation is 1.